The fourth-order valence-electron chi connectivity index (χ4n) is 3.99. The van der Waals surface area contributed by atoms with Crippen LogP contribution in [0.2, 0.25) is 0 Å². The molecule has 13 nitrogen and oxygen atoms in total. The van der Waals surface area contributed by atoms with Gasteiger partial charge in [0.2, 0.25) is 0 Å². The Morgan fingerprint density at radius 2 is 1.38 bits per heavy atom. The van der Waals surface area contributed by atoms with Crippen molar-refractivity contribution in [1.29, 1.82) is 0 Å². The molecule has 1 aromatic carbocycles. The molecule has 0 aliphatic carbocycles. The molecule has 15 heteroatoms. The lowest BCUT2D eigenvalue weighted by Crippen LogP contribution is -2.32. The Morgan fingerprint density at radius 3 is 1.66 bits per heavy atom. The summed E-state index contributed by atoms with van der Waals surface area (Å²) in [6.45, 7) is 19.2. The first-order chi connectivity index (χ1) is 22.9. The van der Waals surface area contributed by atoms with Crippen LogP contribution in [0, 0.1) is 0 Å². The number of hydrogen-bond acceptors (Lipinski definition) is 10. The van der Waals surface area contributed by atoms with Crippen LogP contribution in [0.4, 0.5) is 18.4 Å². The molecule has 1 aromatic rings. The second-order valence-electron chi connectivity index (χ2n) is 13.2. The summed E-state index contributed by atoms with van der Waals surface area (Å²) < 4.78 is 39.7. The van der Waals surface area contributed by atoms with Crippen molar-refractivity contribution in [3.63, 3.8) is 0 Å². The van der Waals surface area contributed by atoms with E-state index in [-0.39, 0.29) is 66.1 Å². The number of hydrogen-bond donors (Lipinski definition) is 6. The summed E-state index contributed by atoms with van der Waals surface area (Å²) in [5, 5.41) is 21.8. The number of aliphatic hydroxyl groups excluding tert-OH is 1. The zero-order chi connectivity index (χ0) is 39.1. The van der Waals surface area contributed by atoms with E-state index in [1.165, 1.54) is 34.6 Å². The minimum Gasteiger partial charge on any atom is -0.480 e. The molecule has 0 aromatic heterocycles. The number of carboxylic acids is 1. The molecule has 2 heterocycles. The van der Waals surface area contributed by atoms with Crippen LogP contribution < -0.4 is 22.1 Å². The van der Waals surface area contributed by atoms with Gasteiger partial charge in [-0.25, -0.2) is 18.4 Å². The number of halogens is 2. The summed E-state index contributed by atoms with van der Waals surface area (Å²) in [4.78, 5) is 41.4. The maximum atomic E-state index is 13.0. The zero-order valence-corrected chi connectivity index (χ0v) is 30.4. The Labute approximate surface area is 316 Å². The van der Waals surface area contributed by atoms with Crippen molar-refractivity contribution >= 4 is 24.1 Å². The number of aliphatic hydroxyl groups is 1. The highest BCUT2D eigenvalue weighted by atomic mass is 19.1. The van der Waals surface area contributed by atoms with Gasteiger partial charge in [-0.2, -0.15) is 0 Å². The van der Waals surface area contributed by atoms with E-state index >= 15 is 0 Å². The topological polar surface area (TPSA) is 213 Å². The van der Waals surface area contributed by atoms with Crippen molar-refractivity contribution in [2.75, 3.05) is 19.8 Å². The number of alkyl carbamates (subject to hydrolysis) is 2. The van der Waals surface area contributed by atoms with E-state index in [0.717, 1.165) is 23.1 Å². The van der Waals surface area contributed by atoms with Gasteiger partial charge in [-0.15, -0.1) is 13.2 Å². The summed E-state index contributed by atoms with van der Waals surface area (Å²) in [5.74, 6) is -1.22. The molecule has 3 rings (SSSR count). The normalized spacial score (nSPS) is 16.3. The number of benzene rings is 1. The molecule has 0 bridgehead atoms. The summed E-state index contributed by atoms with van der Waals surface area (Å²) in [7, 11) is 0. The average molecular weight is 765 g/mol. The van der Waals surface area contributed by atoms with Crippen LogP contribution in [-0.4, -0.2) is 89.7 Å². The van der Waals surface area contributed by atoms with Gasteiger partial charge in [0.15, 0.2) is 0 Å². The maximum Gasteiger partial charge on any atom is 0.407 e. The monoisotopic (exact) mass is 765 g/mol. The lowest BCUT2D eigenvalue weighted by atomic mass is 10.0. The Kier molecular flexibility index (Phi) is 33.4. The molecular formula is C38H70F2N4O9. The quantitative estimate of drug-likeness (QED) is 0.0743. The highest BCUT2D eigenvalue weighted by Crippen LogP contribution is 2.18. The number of carboxylic acid groups (broad SMARTS) is 1. The maximum absolute atomic E-state index is 13.0. The zero-order valence-electron chi connectivity index (χ0n) is 30.4. The minimum atomic E-state index is -1.26. The number of carbonyl (C=O) groups is 4. The lowest BCUT2D eigenvalue weighted by molar-refractivity contribution is -0.142. The Balaban J connectivity index is -0.000000179. The average Bonchev–Trinajstić information content (AvgIpc) is 3.57. The summed E-state index contributed by atoms with van der Waals surface area (Å²) in [6.07, 6.45) is 0.925. The van der Waals surface area contributed by atoms with E-state index in [4.69, 9.17) is 26.4 Å². The van der Waals surface area contributed by atoms with Crippen LogP contribution in [0.1, 0.15) is 102 Å². The molecule has 53 heavy (non-hydrogen) atoms. The second kappa shape index (κ2) is 30.4. The molecule has 2 aliphatic heterocycles. The molecule has 2 saturated heterocycles. The largest absolute Gasteiger partial charge is 0.480 e. The van der Waals surface area contributed by atoms with Crippen LogP contribution in [0.25, 0.3) is 0 Å². The first kappa shape index (κ1) is 58.2. The van der Waals surface area contributed by atoms with E-state index in [1.807, 2.05) is 37.3 Å². The number of nitrogens with one attached hydrogen (secondary N) is 2. The van der Waals surface area contributed by atoms with Gasteiger partial charge in [-0.1, -0.05) is 63.8 Å². The predicted octanol–water partition coefficient (Wildman–Crippen LogP) is 6.76. The van der Waals surface area contributed by atoms with Crippen molar-refractivity contribution < 1.29 is 52.4 Å². The van der Waals surface area contributed by atoms with Crippen molar-refractivity contribution in [3.8, 4) is 0 Å². The molecule has 310 valence electrons. The van der Waals surface area contributed by atoms with Gasteiger partial charge in [0.25, 0.3) is 0 Å². The third-order valence-corrected chi connectivity index (χ3v) is 5.95. The fourth-order valence-corrected chi connectivity index (χ4v) is 3.99. The molecule has 2 aliphatic rings. The number of amides is 2. The van der Waals surface area contributed by atoms with Gasteiger partial charge in [0.1, 0.15) is 37.2 Å². The number of aliphatic carboxylic acids is 1. The Morgan fingerprint density at radius 1 is 0.906 bits per heavy atom. The van der Waals surface area contributed by atoms with Crippen molar-refractivity contribution in [2.24, 2.45) is 11.5 Å². The molecule has 0 spiro atoms. The van der Waals surface area contributed by atoms with Crippen LogP contribution >= 0.6 is 0 Å². The number of carbonyl (C=O) groups excluding carboxylic acids is 3. The summed E-state index contributed by atoms with van der Waals surface area (Å²) in [6, 6.07) is 8.36. The first-order valence-electron chi connectivity index (χ1n) is 16.0. The summed E-state index contributed by atoms with van der Waals surface area (Å²) >= 11 is 0. The van der Waals surface area contributed by atoms with Gasteiger partial charge in [0, 0.05) is 19.4 Å². The van der Waals surface area contributed by atoms with Gasteiger partial charge in [-0.05, 0) is 66.4 Å². The van der Waals surface area contributed by atoms with Gasteiger partial charge < -0.3 is 46.5 Å². The number of alkyl halides is 2. The predicted molar refractivity (Wildman–Crippen MR) is 208 cm³/mol. The molecule has 4 atom stereocenters. The first-order valence-corrected chi connectivity index (χ1v) is 16.0. The molecule has 2 fully saturated rings. The number of nitrogens with two attached hydrogens (primary N) is 2. The highest BCUT2D eigenvalue weighted by molar-refractivity contribution is 5.73. The molecule has 8 N–H and O–H groups in total. The van der Waals surface area contributed by atoms with Gasteiger partial charge in [-0.3, -0.25) is 9.59 Å². The lowest BCUT2D eigenvalue weighted by Gasteiger charge is -2.17. The van der Waals surface area contributed by atoms with Gasteiger partial charge >= 0.3 is 24.1 Å². The molecule has 2 amide bonds. The second-order valence-corrected chi connectivity index (χ2v) is 13.2. The fraction of sp³-hybridized carbons (Fsp3) is 0.632. The van der Waals surface area contributed by atoms with E-state index in [1.54, 1.807) is 6.92 Å². The standard InChI is InChI=1S/C9H10O2.C7H12FNO2.C7H11NO2.C6H14FNO.C6H11NO2.3CH4/c1-8(10)11-7-9-5-3-2-4-6-9;1-7(2,8)3-5-4-11-6(10)9-5;1-5(2)3-6-4-10-7(9)8-6;1-6(2,7)3-5(8)4-9;1-4(2)3-5(7)6(8)9;;;/h2-6H,7H2,1H3;5H,3-4H2,1-2H3,(H,9,10);6H,1,3-4H2,2H3,(H,8,9);5,9H,3-4,8H2,1-2H3;5H,1,3,7H2,2H3,(H,8,9);3*1H4/t;5-;6-;2*5-;;;/m.0000.../s1. The molecular weight excluding hydrogens is 694 g/mol. The van der Waals surface area contributed by atoms with E-state index in [2.05, 4.69) is 33.3 Å². The molecule has 0 radical (unpaired) electrons. The Hall–Kier alpha value is -4.08. The van der Waals surface area contributed by atoms with E-state index in [0.29, 0.717) is 26.1 Å². The SMILES string of the molecule is C.C.C.C=C(C)C[C@H](N)C(=O)O.C=C(C)C[C@H]1COC(=O)N1.CC(=O)OCc1ccccc1.CC(C)(F)C[C@H](N)CO.CC(C)(F)C[C@H]1COC(=O)N1. The van der Waals surface area contributed by atoms with E-state index < -0.39 is 35.5 Å². The number of cyclic esters (lactones) is 2. The number of esters is 1. The van der Waals surface area contributed by atoms with Crippen LogP contribution in [-0.2, 0) is 30.4 Å². The van der Waals surface area contributed by atoms with Crippen LogP contribution in [0.5, 0.6) is 0 Å². The van der Waals surface area contributed by atoms with Crippen LogP contribution in [0.15, 0.2) is 54.6 Å². The minimum absolute atomic E-state index is 0. The number of ether oxygens (including phenoxy) is 3. The van der Waals surface area contributed by atoms with Crippen molar-refractivity contribution in [3.05, 3.63) is 60.2 Å². The van der Waals surface area contributed by atoms with Crippen LogP contribution in [0.3, 0.4) is 0 Å². The third kappa shape index (κ3) is 39.0. The van der Waals surface area contributed by atoms with Gasteiger partial charge in [0.05, 0.1) is 18.7 Å². The van der Waals surface area contributed by atoms with Crippen molar-refractivity contribution in [2.45, 2.75) is 139 Å². The van der Waals surface area contributed by atoms with Crippen molar-refractivity contribution in [1.82, 2.24) is 10.6 Å². The summed E-state index contributed by atoms with van der Waals surface area (Å²) in [5.41, 5.74) is 10.8. The Bertz CT molecular complexity index is 1190. The smallest absolute Gasteiger partial charge is 0.407 e. The third-order valence-electron chi connectivity index (χ3n) is 5.95. The number of rotatable bonds is 12. The highest BCUT2D eigenvalue weighted by Gasteiger charge is 2.29. The van der Waals surface area contributed by atoms with E-state index in [9.17, 15) is 28.0 Å². The molecule has 0 unspecified atom stereocenters. The molecule has 0 saturated carbocycles.